The van der Waals surface area contributed by atoms with Crippen LogP contribution in [-0.2, 0) is 12.3 Å². The summed E-state index contributed by atoms with van der Waals surface area (Å²) in [6.45, 7) is 2.68. The Morgan fingerprint density at radius 1 is 1.09 bits per heavy atom. The summed E-state index contributed by atoms with van der Waals surface area (Å²) >= 11 is 1.33. The van der Waals surface area contributed by atoms with Crippen LogP contribution >= 0.6 is 11.8 Å². The van der Waals surface area contributed by atoms with Gasteiger partial charge in [0.1, 0.15) is 0 Å². The third-order valence-corrected chi connectivity index (χ3v) is 4.79. The monoisotopic (exact) mass is 331 g/mol. The molecule has 23 heavy (non-hydrogen) atoms. The van der Waals surface area contributed by atoms with E-state index in [4.69, 9.17) is 0 Å². The first-order valence-electron chi connectivity index (χ1n) is 7.30. The van der Waals surface area contributed by atoms with Gasteiger partial charge in [-0.2, -0.15) is 0 Å². The molecule has 1 heterocycles. The van der Waals surface area contributed by atoms with Crippen molar-refractivity contribution in [1.29, 1.82) is 0 Å². The number of nitrogens with zero attached hydrogens (tertiary/aromatic N) is 1. The molecule has 0 fully saturated rings. The highest BCUT2D eigenvalue weighted by molar-refractivity contribution is 7.98. The summed E-state index contributed by atoms with van der Waals surface area (Å²) in [4.78, 5) is 12.2. The predicted molar refractivity (Wildman–Crippen MR) is 89.8 cm³/mol. The molecule has 0 saturated carbocycles. The number of aryl methyl sites for hydroxylation is 1. The zero-order chi connectivity index (χ0) is 16.4. The van der Waals surface area contributed by atoms with E-state index in [1.165, 1.54) is 17.8 Å². The van der Waals surface area contributed by atoms with Crippen molar-refractivity contribution in [3.8, 4) is 0 Å². The summed E-state index contributed by atoms with van der Waals surface area (Å²) in [6.07, 6.45) is 0. The number of aromatic nitrogens is 1. The number of halogens is 2. The van der Waals surface area contributed by atoms with E-state index in [2.05, 4.69) is 0 Å². The fourth-order valence-corrected chi connectivity index (χ4v) is 3.66. The molecule has 0 N–H and O–H groups in total. The number of hydrogen-bond acceptors (Lipinski definition) is 2. The number of benzene rings is 2. The van der Waals surface area contributed by atoms with Gasteiger partial charge in [0.05, 0.1) is 10.5 Å². The number of hydrogen-bond donors (Lipinski definition) is 0. The lowest BCUT2D eigenvalue weighted by atomic mass is 10.2. The summed E-state index contributed by atoms with van der Waals surface area (Å²) < 4.78 is 29.1. The molecular weight excluding hydrogens is 316 g/mol. The molecule has 0 bridgehead atoms. The maximum absolute atomic E-state index is 13.8. The van der Waals surface area contributed by atoms with Crippen molar-refractivity contribution in [2.24, 2.45) is 0 Å². The Bertz CT molecular complexity index is 921. The molecular formula is C18H15F2NOS. The molecule has 0 aliphatic rings. The zero-order valence-corrected chi connectivity index (χ0v) is 13.4. The molecule has 0 unspecified atom stereocenters. The molecule has 2 nitrogen and oxygen atoms in total. The maximum atomic E-state index is 13.8. The van der Waals surface area contributed by atoms with Crippen molar-refractivity contribution >= 4 is 22.7 Å². The van der Waals surface area contributed by atoms with Crippen molar-refractivity contribution in [3.05, 3.63) is 76.0 Å². The van der Waals surface area contributed by atoms with Crippen LogP contribution in [-0.4, -0.2) is 4.57 Å². The average molecular weight is 331 g/mol. The van der Waals surface area contributed by atoms with E-state index >= 15 is 0 Å². The summed E-state index contributed by atoms with van der Waals surface area (Å²) in [5.41, 5.74) is 1.08. The fraction of sp³-hybridized carbons (Fsp3) is 0.167. The Balaban J connectivity index is 2.00. The molecule has 0 aliphatic heterocycles. The quantitative estimate of drug-likeness (QED) is 0.652. The van der Waals surface area contributed by atoms with Gasteiger partial charge >= 0.3 is 0 Å². The fourth-order valence-electron chi connectivity index (χ4n) is 2.56. The minimum atomic E-state index is -0.852. The summed E-state index contributed by atoms with van der Waals surface area (Å²) in [7, 11) is 0. The zero-order valence-electron chi connectivity index (χ0n) is 12.6. The van der Waals surface area contributed by atoms with Gasteiger partial charge in [0.15, 0.2) is 17.1 Å². The first-order valence-corrected chi connectivity index (χ1v) is 8.28. The van der Waals surface area contributed by atoms with Crippen LogP contribution in [0.25, 0.3) is 10.9 Å². The second-order valence-corrected chi connectivity index (χ2v) is 6.11. The van der Waals surface area contributed by atoms with E-state index in [0.29, 0.717) is 17.5 Å². The van der Waals surface area contributed by atoms with Crippen LogP contribution in [0, 0.1) is 11.6 Å². The normalized spacial score (nSPS) is 11.1. The summed E-state index contributed by atoms with van der Waals surface area (Å²) in [5, 5.41) is 1.41. The first kappa shape index (κ1) is 15.7. The third-order valence-electron chi connectivity index (χ3n) is 3.70. The second kappa shape index (κ2) is 6.54. The number of rotatable bonds is 4. The molecule has 0 amide bonds. The van der Waals surface area contributed by atoms with Crippen LogP contribution in [0.1, 0.15) is 12.5 Å². The minimum absolute atomic E-state index is 0.0625. The third kappa shape index (κ3) is 3.01. The molecule has 118 valence electrons. The van der Waals surface area contributed by atoms with Gasteiger partial charge in [0.2, 0.25) is 0 Å². The van der Waals surface area contributed by atoms with Crippen molar-refractivity contribution in [1.82, 2.24) is 4.57 Å². The number of pyridine rings is 1. The van der Waals surface area contributed by atoms with E-state index in [1.807, 2.05) is 29.7 Å². The molecule has 0 saturated heterocycles. The number of para-hydroxylation sites is 1. The van der Waals surface area contributed by atoms with E-state index in [0.717, 1.165) is 16.6 Å². The summed E-state index contributed by atoms with van der Waals surface area (Å²) in [5.74, 6) is -1.41. The smallest absolute Gasteiger partial charge is 0.190 e. The maximum Gasteiger partial charge on any atom is 0.190 e. The first-order chi connectivity index (χ1) is 11.1. The Labute approximate surface area is 136 Å². The molecule has 0 atom stereocenters. The number of fused-ring (bicyclic) bond motifs is 1. The van der Waals surface area contributed by atoms with Gasteiger partial charge in [-0.3, -0.25) is 4.79 Å². The highest BCUT2D eigenvalue weighted by Crippen LogP contribution is 2.26. The highest BCUT2D eigenvalue weighted by Gasteiger charge is 2.11. The molecule has 1 aromatic heterocycles. The van der Waals surface area contributed by atoms with Crippen LogP contribution in [0.4, 0.5) is 8.78 Å². The molecule has 2 aromatic carbocycles. The molecule has 3 aromatic rings. The lowest BCUT2D eigenvalue weighted by molar-refractivity contribution is 0.502. The van der Waals surface area contributed by atoms with Crippen LogP contribution in [0.5, 0.6) is 0 Å². The Morgan fingerprint density at radius 2 is 1.87 bits per heavy atom. The lowest BCUT2D eigenvalue weighted by Gasteiger charge is -2.14. The van der Waals surface area contributed by atoms with Gasteiger partial charge in [-0.25, -0.2) is 8.78 Å². The van der Waals surface area contributed by atoms with Crippen LogP contribution in [0.2, 0.25) is 0 Å². The summed E-state index contributed by atoms with van der Waals surface area (Å²) in [6, 6.07) is 13.1. The van der Waals surface area contributed by atoms with Gasteiger partial charge in [-0.1, -0.05) is 24.3 Å². The standard InChI is InChI=1S/C18H15F2NOS/c1-2-21-15-9-4-3-7-13(15)16(22)10-17(21)23-11-12-6-5-8-14(19)18(12)20/h3-10H,2,11H2,1H3. The molecule has 5 heteroatoms. The largest absolute Gasteiger partial charge is 0.336 e. The van der Waals surface area contributed by atoms with Crippen molar-refractivity contribution in [3.63, 3.8) is 0 Å². The van der Waals surface area contributed by atoms with Crippen molar-refractivity contribution in [2.75, 3.05) is 0 Å². The molecule has 0 spiro atoms. The van der Waals surface area contributed by atoms with Crippen LogP contribution in [0.15, 0.2) is 58.4 Å². The van der Waals surface area contributed by atoms with E-state index in [-0.39, 0.29) is 11.2 Å². The topological polar surface area (TPSA) is 22.0 Å². The minimum Gasteiger partial charge on any atom is -0.336 e. The SMILES string of the molecule is CCn1c(SCc2cccc(F)c2F)cc(=O)c2ccccc21. The van der Waals surface area contributed by atoms with Gasteiger partial charge in [-0.15, -0.1) is 11.8 Å². The van der Waals surface area contributed by atoms with E-state index in [9.17, 15) is 13.6 Å². The molecule has 3 rings (SSSR count). The van der Waals surface area contributed by atoms with Crippen molar-refractivity contribution < 1.29 is 8.78 Å². The molecule has 0 aliphatic carbocycles. The number of thioether (sulfide) groups is 1. The predicted octanol–water partition coefficient (Wildman–Crippen LogP) is 4.59. The van der Waals surface area contributed by atoms with Crippen molar-refractivity contribution in [2.45, 2.75) is 24.2 Å². The Hall–Kier alpha value is -2.14. The van der Waals surface area contributed by atoms with Crippen LogP contribution in [0.3, 0.4) is 0 Å². The lowest BCUT2D eigenvalue weighted by Crippen LogP contribution is -2.10. The van der Waals surface area contributed by atoms with Crippen LogP contribution < -0.4 is 5.43 Å². The van der Waals surface area contributed by atoms with Gasteiger partial charge in [0, 0.05) is 29.3 Å². The van der Waals surface area contributed by atoms with Gasteiger partial charge in [-0.05, 0) is 25.1 Å². The van der Waals surface area contributed by atoms with Gasteiger partial charge in [0.25, 0.3) is 0 Å². The molecule has 0 radical (unpaired) electrons. The average Bonchev–Trinajstić information content (AvgIpc) is 2.56. The Kier molecular flexibility index (Phi) is 4.48. The van der Waals surface area contributed by atoms with E-state index in [1.54, 1.807) is 18.2 Å². The second-order valence-electron chi connectivity index (χ2n) is 5.11. The van der Waals surface area contributed by atoms with Gasteiger partial charge < -0.3 is 4.57 Å². The Morgan fingerprint density at radius 3 is 2.65 bits per heavy atom. The van der Waals surface area contributed by atoms with E-state index < -0.39 is 11.6 Å². The highest BCUT2D eigenvalue weighted by atomic mass is 32.2.